The molecule has 0 aliphatic rings. The third-order valence-corrected chi connectivity index (χ3v) is 4.35. The van der Waals surface area contributed by atoms with Crippen LogP contribution in [0.3, 0.4) is 0 Å². The first-order chi connectivity index (χ1) is 13.0. The van der Waals surface area contributed by atoms with Gasteiger partial charge in [0.2, 0.25) is 0 Å². The van der Waals surface area contributed by atoms with Crippen molar-refractivity contribution in [3.63, 3.8) is 0 Å². The van der Waals surface area contributed by atoms with E-state index in [4.69, 9.17) is 4.74 Å². The molecule has 0 radical (unpaired) electrons. The van der Waals surface area contributed by atoms with E-state index in [1.54, 1.807) is 11.0 Å². The summed E-state index contributed by atoms with van der Waals surface area (Å²) in [5, 5.41) is 7.07. The van der Waals surface area contributed by atoms with Gasteiger partial charge in [0, 0.05) is 0 Å². The number of rotatable bonds is 7. The van der Waals surface area contributed by atoms with E-state index in [0.29, 0.717) is 5.92 Å². The maximum absolute atomic E-state index is 12.3. The lowest BCUT2D eigenvalue weighted by Crippen LogP contribution is -2.31. The van der Waals surface area contributed by atoms with Gasteiger partial charge in [-0.1, -0.05) is 44.2 Å². The molecular formula is C21H24N4O2. The first-order valence-corrected chi connectivity index (χ1v) is 9.00. The fourth-order valence-electron chi connectivity index (χ4n) is 2.86. The lowest BCUT2D eigenvalue weighted by Gasteiger charge is -2.17. The maximum Gasteiger partial charge on any atom is 0.258 e. The molecule has 3 rings (SSSR count). The van der Waals surface area contributed by atoms with E-state index in [-0.39, 0.29) is 18.6 Å². The Morgan fingerprint density at radius 2 is 1.85 bits per heavy atom. The third-order valence-electron chi connectivity index (χ3n) is 4.35. The van der Waals surface area contributed by atoms with Gasteiger partial charge >= 0.3 is 0 Å². The minimum Gasteiger partial charge on any atom is -0.483 e. The second-order valence-corrected chi connectivity index (χ2v) is 6.70. The van der Waals surface area contributed by atoms with Gasteiger partial charge < -0.3 is 10.1 Å². The van der Waals surface area contributed by atoms with Gasteiger partial charge in [-0.2, -0.15) is 5.10 Å². The van der Waals surface area contributed by atoms with Crippen molar-refractivity contribution in [1.29, 1.82) is 0 Å². The van der Waals surface area contributed by atoms with Crippen molar-refractivity contribution in [3.8, 4) is 11.4 Å². The SMILES string of the molecule is CC(C)c1ccccc1OCC(=O)N[C@H](C)c1ccc(-n2cncn2)cc1. The minimum absolute atomic E-state index is 0.00882. The van der Waals surface area contributed by atoms with Crippen LogP contribution in [0.2, 0.25) is 0 Å². The van der Waals surface area contributed by atoms with Gasteiger partial charge in [0.15, 0.2) is 6.61 Å². The molecule has 1 aromatic heterocycles. The molecule has 0 aliphatic carbocycles. The molecule has 0 aliphatic heterocycles. The number of para-hydroxylation sites is 1. The summed E-state index contributed by atoms with van der Waals surface area (Å²) in [6.45, 7) is 6.15. The highest BCUT2D eigenvalue weighted by Crippen LogP contribution is 2.25. The van der Waals surface area contributed by atoms with E-state index >= 15 is 0 Å². The number of nitrogens with zero attached hydrogens (tertiary/aromatic N) is 3. The predicted octanol–water partition coefficient (Wildman–Crippen LogP) is 3.65. The Kier molecular flexibility index (Phi) is 5.86. The molecule has 0 spiro atoms. The summed E-state index contributed by atoms with van der Waals surface area (Å²) in [6.07, 6.45) is 3.14. The van der Waals surface area contributed by atoms with Gasteiger partial charge in [-0.25, -0.2) is 9.67 Å². The quantitative estimate of drug-likeness (QED) is 0.695. The van der Waals surface area contributed by atoms with Crippen molar-refractivity contribution >= 4 is 5.91 Å². The van der Waals surface area contributed by atoms with Crippen molar-refractivity contribution in [1.82, 2.24) is 20.1 Å². The van der Waals surface area contributed by atoms with Crippen molar-refractivity contribution < 1.29 is 9.53 Å². The lowest BCUT2D eigenvalue weighted by atomic mass is 10.0. The predicted molar refractivity (Wildman–Crippen MR) is 104 cm³/mol. The Morgan fingerprint density at radius 3 is 2.52 bits per heavy atom. The van der Waals surface area contributed by atoms with Gasteiger partial charge in [0.1, 0.15) is 18.4 Å². The summed E-state index contributed by atoms with van der Waals surface area (Å²) >= 11 is 0. The molecule has 1 heterocycles. The zero-order valence-electron chi connectivity index (χ0n) is 15.8. The van der Waals surface area contributed by atoms with Crippen LogP contribution < -0.4 is 10.1 Å². The van der Waals surface area contributed by atoms with Crippen molar-refractivity contribution in [3.05, 3.63) is 72.3 Å². The number of benzene rings is 2. The highest BCUT2D eigenvalue weighted by atomic mass is 16.5. The number of amides is 1. The average molecular weight is 364 g/mol. The molecular weight excluding hydrogens is 340 g/mol. The average Bonchev–Trinajstić information content (AvgIpc) is 3.21. The molecule has 0 saturated carbocycles. The van der Waals surface area contributed by atoms with Crippen molar-refractivity contribution in [2.24, 2.45) is 0 Å². The maximum atomic E-state index is 12.3. The Bertz CT molecular complexity index is 873. The fourth-order valence-corrected chi connectivity index (χ4v) is 2.86. The number of ether oxygens (including phenoxy) is 1. The number of hydrogen-bond donors (Lipinski definition) is 1. The van der Waals surface area contributed by atoms with E-state index in [1.165, 1.54) is 6.33 Å². The van der Waals surface area contributed by atoms with E-state index in [2.05, 4.69) is 29.2 Å². The topological polar surface area (TPSA) is 69.0 Å². The lowest BCUT2D eigenvalue weighted by molar-refractivity contribution is -0.123. The molecule has 0 fully saturated rings. The second kappa shape index (κ2) is 8.49. The molecule has 3 aromatic rings. The van der Waals surface area contributed by atoms with Crippen LogP contribution >= 0.6 is 0 Å². The van der Waals surface area contributed by atoms with Gasteiger partial charge in [-0.15, -0.1) is 0 Å². The zero-order chi connectivity index (χ0) is 19.2. The normalized spacial score (nSPS) is 12.0. The Hall–Kier alpha value is -3.15. The summed E-state index contributed by atoms with van der Waals surface area (Å²) in [5.41, 5.74) is 3.03. The molecule has 0 unspecified atom stereocenters. The number of carbonyl (C=O) groups excluding carboxylic acids is 1. The van der Waals surface area contributed by atoms with Gasteiger partial charge in [0.05, 0.1) is 11.7 Å². The van der Waals surface area contributed by atoms with Gasteiger partial charge in [-0.3, -0.25) is 4.79 Å². The Balaban J connectivity index is 1.56. The summed E-state index contributed by atoms with van der Waals surface area (Å²) in [6, 6.07) is 15.5. The van der Waals surface area contributed by atoms with Crippen LogP contribution in [-0.2, 0) is 4.79 Å². The smallest absolute Gasteiger partial charge is 0.258 e. The highest BCUT2D eigenvalue weighted by molar-refractivity contribution is 5.78. The van der Waals surface area contributed by atoms with E-state index in [9.17, 15) is 4.79 Å². The second-order valence-electron chi connectivity index (χ2n) is 6.70. The van der Waals surface area contributed by atoms with Crippen molar-refractivity contribution in [2.75, 3.05) is 6.61 Å². The molecule has 2 aromatic carbocycles. The van der Waals surface area contributed by atoms with Crippen LogP contribution in [0, 0.1) is 0 Å². The molecule has 1 atom stereocenters. The van der Waals surface area contributed by atoms with Crippen LogP contribution in [0.15, 0.2) is 61.2 Å². The summed E-state index contributed by atoms with van der Waals surface area (Å²) in [5.74, 6) is 0.945. The van der Waals surface area contributed by atoms with E-state index < -0.39 is 0 Å². The van der Waals surface area contributed by atoms with Crippen molar-refractivity contribution in [2.45, 2.75) is 32.7 Å². The monoisotopic (exact) mass is 364 g/mol. The van der Waals surface area contributed by atoms with Gasteiger partial charge in [-0.05, 0) is 42.2 Å². The van der Waals surface area contributed by atoms with Crippen LogP contribution in [-0.4, -0.2) is 27.3 Å². The van der Waals surface area contributed by atoms with Crippen LogP contribution in [0.5, 0.6) is 5.75 Å². The van der Waals surface area contributed by atoms with E-state index in [1.807, 2.05) is 55.5 Å². The minimum atomic E-state index is -0.151. The Labute approximate surface area is 159 Å². The number of hydrogen-bond acceptors (Lipinski definition) is 4. The molecule has 6 nitrogen and oxygen atoms in total. The number of carbonyl (C=O) groups is 1. The summed E-state index contributed by atoms with van der Waals surface area (Å²) < 4.78 is 7.42. The zero-order valence-corrected chi connectivity index (χ0v) is 15.8. The molecule has 140 valence electrons. The summed E-state index contributed by atoms with van der Waals surface area (Å²) in [4.78, 5) is 16.2. The first kappa shape index (κ1) is 18.6. The highest BCUT2D eigenvalue weighted by Gasteiger charge is 2.12. The Morgan fingerprint density at radius 1 is 1.11 bits per heavy atom. The van der Waals surface area contributed by atoms with E-state index in [0.717, 1.165) is 22.6 Å². The van der Waals surface area contributed by atoms with Crippen LogP contribution in [0.1, 0.15) is 43.9 Å². The molecule has 0 saturated heterocycles. The fraction of sp³-hybridized carbons (Fsp3) is 0.286. The molecule has 0 bridgehead atoms. The standard InChI is InChI=1S/C21H24N4O2/c1-15(2)19-6-4-5-7-20(19)27-12-21(26)24-16(3)17-8-10-18(11-9-17)25-14-22-13-23-25/h4-11,13-16H,12H2,1-3H3,(H,24,26)/t16-/m1/s1. The molecule has 27 heavy (non-hydrogen) atoms. The molecule has 1 amide bonds. The van der Waals surface area contributed by atoms with Crippen LogP contribution in [0.25, 0.3) is 5.69 Å². The molecule has 1 N–H and O–H groups in total. The van der Waals surface area contributed by atoms with Crippen LogP contribution in [0.4, 0.5) is 0 Å². The largest absolute Gasteiger partial charge is 0.483 e. The molecule has 6 heteroatoms. The number of aromatic nitrogens is 3. The number of nitrogens with one attached hydrogen (secondary N) is 1. The first-order valence-electron chi connectivity index (χ1n) is 9.00. The van der Waals surface area contributed by atoms with Gasteiger partial charge in [0.25, 0.3) is 5.91 Å². The summed E-state index contributed by atoms with van der Waals surface area (Å²) in [7, 11) is 0. The third kappa shape index (κ3) is 4.73.